The number of nitrogens with zero attached hydrogens (tertiary/aromatic N) is 1. The first-order valence-corrected chi connectivity index (χ1v) is 9.30. The smallest absolute Gasteiger partial charge is 0.150 e. The van der Waals surface area contributed by atoms with Crippen LogP contribution in [0.25, 0.3) is 10.9 Å². The Bertz CT molecular complexity index is 689. The molecule has 0 saturated heterocycles. The van der Waals surface area contributed by atoms with E-state index in [1.807, 2.05) is 30.5 Å². The molecule has 2 aromatic rings. The van der Waals surface area contributed by atoms with Crippen molar-refractivity contribution in [3.63, 3.8) is 0 Å². The number of aromatic nitrogens is 1. The Morgan fingerprint density at radius 1 is 1.19 bits per heavy atom. The third kappa shape index (κ3) is 4.00. The molecule has 5 heteroatoms. The highest BCUT2D eigenvalue weighted by Gasteiger charge is 2.09. The second-order valence-electron chi connectivity index (χ2n) is 5.14. The molecule has 0 saturated carbocycles. The molecule has 0 unspecified atom stereocenters. The fraction of sp³-hybridized carbons (Fsp3) is 0.500. The first kappa shape index (κ1) is 15.9. The summed E-state index contributed by atoms with van der Waals surface area (Å²) in [5, 5.41) is 1.09. The first-order valence-electron chi connectivity index (χ1n) is 7.48. The fourth-order valence-electron chi connectivity index (χ4n) is 2.33. The zero-order valence-corrected chi connectivity index (χ0v) is 13.5. The molecule has 0 aliphatic heterocycles. The second-order valence-corrected chi connectivity index (χ2v) is 7.61. The number of aryl methyl sites for hydroxylation is 1. The van der Waals surface area contributed by atoms with Crippen molar-refractivity contribution in [2.24, 2.45) is 0 Å². The van der Waals surface area contributed by atoms with Gasteiger partial charge in [0, 0.05) is 23.9 Å². The molecule has 0 atom stereocenters. The summed E-state index contributed by atoms with van der Waals surface area (Å²) >= 11 is 0. The molecular weight excluding hydrogens is 286 g/mol. The van der Waals surface area contributed by atoms with E-state index in [1.165, 1.54) is 0 Å². The molecule has 116 valence electrons. The summed E-state index contributed by atoms with van der Waals surface area (Å²) in [5.41, 5.74) is 1.09. The Morgan fingerprint density at radius 3 is 2.71 bits per heavy atom. The molecule has 1 aromatic heterocycles. The van der Waals surface area contributed by atoms with Crippen molar-refractivity contribution in [1.82, 2.24) is 4.57 Å². The number of benzene rings is 1. The van der Waals surface area contributed by atoms with Crippen LogP contribution in [0.1, 0.15) is 26.7 Å². The van der Waals surface area contributed by atoms with Crippen molar-refractivity contribution < 1.29 is 13.2 Å². The highest BCUT2D eigenvalue weighted by atomic mass is 32.2. The lowest BCUT2D eigenvalue weighted by molar-refractivity contribution is 0.321. The minimum absolute atomic E-state index is 0.217. The van der Waals surface area contributed by atoms with E-state index in [0.717, 1.165) is 23.1 Å². The van der Waals surface area contributed by atoms with Gasteiger partial charge in [0.15, 0.2) is 0 Å². The highest BCUT2D eigenvalue weighted by Crippen LogP contribution is 2.27. The molecule has 2 rings (SSSR count). The van der Waals surface area contributed by atoms with E-state index in [4.69, 9.17) is 4.74 Å². The SMILES string of the molecule is CCCOc1cccc2c1ccn2CCCS(=O)(=O)CC. The maximum Gasteiger partial charge on any atom is 0.150 e. The largest absolute Gasteiger partial charge is 0.493 e. The van der Waals surface area contributed by atoms with Crippen LogP contribution in [0.4, 0.5) is 0 Å². The van der Waals surface area contributed by atoms with Gasteiger partial charge in [-0.25, -0.2) is 8.42 Å². The van der Waals surface area contributed by atoms with E-state index < -0.39 is 9.84 Å². The van der Waals surface area contributed by atoms with Gasteiger partial charge in [0.1, 0.15) is 15.6 Å². The van der Waals surface area contributed by atoms with Crippen LogP contribution < -0.4 is 4.74 Å². The molecule has 0 amide bonds. The number of hydrogen-bond acceptors (Lipinski definition) is 3. The van der Waals surface area contributed by atoms with Crippen LogP contribution in [-0.2, 0) is 16.4 Å². The van der Waals surface area contributed by atoms with Crippen molar-refractivity contribution in [3.05, 3.63) is 30.5 Å². The van der Waals surface area contributed by atoms with Gasteiger partial charge in [0.2, 0.25) is 0 Å². The van der Waals surface area contributed by atoms with Gasteiger partial charge >= 0.3 is 0 Å². The highest BCUT2D eigenvalue weighted by molar-refractivity contribution is 7.91. The number of ether oxygens (including phenoxy) is 1. The molecule has 0 aliphatic rings. The van der Waals surface area contributed by atoms with Gasteiger partial charge in [-0.1, -0.05) is 19.9 Å². The molecule has 0 aliphatic carbocycles. The van der Waals surface area contributed by atoms with Crippen LogP contribution in [0, 0.1) is 0 Å². The van der Waals surface area contributed by atoms with Crippen LogP contribution in [0.15, 0.2) is 30.5 Å². The van der Waals surface area contributed by atoms with Crippen molar-refractivity contribution in [2.75, 3.05) is 18.1 Å². The van der Waals surface area contributed by atoms with E-state index in [-0.39, 0.29) is 11.5 Å². The zero-order chi connectivity index (χ0) is 15.3. The number of rotatable bonds is 8. The Labute approximate surface area is 126 Å². The number of fused-ring (bicyclic) bond motifs is 1. The summed E-state index contributed by atoms with van der Waals surface area (Å²) in [6.07, 6.45) is 3.62. The summed E-state index contributed by atoms with van der Waals surface area (Å²) in [6.45, 7) is 5.19. The minimum Gasteiger partial charge on any atom is -0.493 e. The van der Waals surface area contributed by atoms with E-state index in [1.54, 1.807) is 6.92 Å². The molecule has 0 bridgehead atoms. The number of hydrogen-bond donors (Lipinski definition) is 0. The van der Waals surface area contributed by atoms with Crippen LogP contribution in [0.2, 0.25) is 0 Å². The predicted molar refractivity (Wildman–Crippen MR) is 86.7 cm³/mol. The lowest BCUT2D eigenvalue weighted by Crippen LogP contribution is -2.11. The summed E-state index contributed by atoms with van der Waals surface area (Å²) < 4.78 is 30.9. The first-order chi connectivity index (χ1) is 10.1. The lowest BCUT2D eigenvalue weighted by Gasteiger charge is -2.08. The third-order valence-electron chi connectivity index (χ3n) is 3.53. The molecule has 0 N–H and O–H groups in total. The fourth-order valence-corrected chi connectivity index (χ4v) is 3.18. The van der Waals surface area contributed by atoms with E-state index in [2.05, 4.69) is 11.5 Å². The Morgan fingerprint density at radius 2 is 2.00 bits per heavy atom. The number of sulfone groups is 1. The second kappa shape index (κ2) is 6.98. The van der Waals surface area contributed by atoms with E-state index in [0.29, 0.717) is 19.6 Å². The van der Waals surface area contributed by atoms with Crippen molar-refractivity contribution >= 4 is 20.7 Å². The maximum atomic E-state index is 11.5. The molecule has 1 aromatic carbocycles. The van der Waals surface area contributed by atoms with Gasteiger partial charge in [-0.3, -0.25) is 0 Å². The Hall–Kier alpha value is -1.49. The van der Waals surface area contributed by atoms with Crippen molar-refractivity contribution in [3.8, 4) is 5.75 Å². The summed E-state index contributed by atoms with van der Waals surface area (Å²) in [7, 11) is -2.88. The van der Waals surface area contributed by atoms with E-state index >= 15 is 0 Å². The van der Waals surface area contributed by atoms with Gasteiger partial charge in [-0.05, 0) is 31.0 Å². The molecule has 0 fully saturated rings. The van der Waals surface area contributed by atoms with Gasteiger partial charge in [-0.2, -0.15) is 0 Å². The molecule has 1 heterocycles. The molecular formula is C16H23NO3S. The minimum atomic E-state index is -2.88. The predicted octanol–water partition coefficient (Wildman–Crippen LogP) is 3.25. The van der Waals surface area contributed by atoms with E-state index in [9.17, 15) is 8.42 Å². The molecule has 0 radical (unpaired) electrons. The van der Waals surface area contributed by atoms with Gasteiger partial charge in [0.25, 0.3) is 0 Å². The average Bonchev–Trinajstić information content (AvgIpc) is 2.89. The molecule has 0 spiro atoms. The third-order valence-corrected chi connectivity index (χ3v) is 5.32. The molecule has 21 heavy (non-hydrogen) atoms. The van der Waals surface area contributed by atoms with Gasteiger partial charge in [0.05, 0.1) is 17.9 Å². The average molecular weight is 309 g/mol. The summed E-state index contributed by atoms with van der Waals surface area (Å²) in [5.74, 6) is 1.36. The molecule has 4 nitrogen and oxygen atoms in total. The summed E-state index contributed by atoms with van der Waals surface area (Å²) in [4.78, 5) is 0. The van der Waals surface area contributed by atoms with Crippen molar-refractivity contribution in [2.45, 2.75) is 33.2 Å². The zero-order valence-electron chi connectivity index (χ0n) is 12.7. The van der Waals surface area contributed by atoms with Crippen LogP contribution in [0.3, 0.4) is 0 Å². The van der Waals surface area contributed by atoms with Gasteiger partial charge in [-0.15, -0.1) is 0 Å². The maximum absolute atomic E-state index is 11.5. The normalized spacial score (nSPS) is 11.9. The monoisotopic (exact) mass is 309 g/mol. The van der Waals surface area contributed by atoms with Crippen LogP contribution >= 0.6 is 0 Å². The van der Waals surface area contributed by atoms with Crippen molar-refractivity contribution in [1.29, 1.82) is 0 Å². The Kier molecular flexibility index (Phi) is 5.28. The summed E-state index contributed by atoms with van der Waals surface area (Å²) in [6, 6.07) is 8.04. The van der Waals surface area contributed by atoms with Crippen LogP contribution in [-0.4, -0.2) is 31.1 Å². The van der Waals surface area contributed by atoms with Gasteiger partial charge < -0.3 is 9.30 Å². The Balaban J connectivity index is 2.11. The topological polar surface area (TPSA) is 48.3 Å². The quantitative estimate of drug-likeness (QED) is 0.752. The van der Waals surface area contributed by atoms with Crippen LogP contribution in [0.5, 0.6) is 5.75 Å². The lowest BCUT2D eigenvalue weighted by atomic mass is 10.2. The standard InChI is InChI=1S/C16H23NO3S/c1-3-12-20-16-8-5-7-15-14(16)9-11-17(15)10-6-13-21(18,19)4-2/h5,7-9,11H,3-4,6,10,12-13H2,1-2H3.